The first-order valence-electron chi connectivity index (χ1n) is 7.43. The summed E-state index contributed by atoms with van der Waals surface area (Å²) in [4.78, 5) is 49.5. The van der Waals surface area contributed by atoms with Crippen LogP contribution in [0.2, 0.25) is 0 Å². The number of nitrogens with zero attached hydrogens (tertiary/aromatic N) is 1. The number of nitrogens with one attached hydrogen (secondary N) is 2. The van der Waals surface area contributed by atoms with E-state index in [9.17, 15) is 19.2 Å². The summed E-state index contributed by atoms with van der Waals surface area (Å²) in [6, 6.07) is 7.38. The molecule has 2 aromatic rings. The molecular weight excluding hydrogens is 342 g/mol. The first-order valence-corrected chi connectivity index (χ1v) is 7.43. The second-order valence-electron chi connectivity index (χ2n) is 5.24. The number of carbonyl (C=O) groups excluding carboxylic acids is 2. The zero-order chi connectivity index (χ0) is 19.1. The number of hydrogen-bond acceptors (Lipinski definition) is 5. The van der Waals surface area contributed by atoms with Crippen LogP contribution in [0.1, 0.15) is 27.1 Å². The molecule has 0 spiro atoms. The minimum Gasteiger partial charge on any atom is -0.481 e. The van der Waals surface area contributed by atoms with E-state index in [1.54, 1.807) is 18.3 Å². The van der Waals surface area contributed by atoms with Crippen molar-refractivity contribution < 1.29 is 29.4 Å². The van der Waals surface area contributed by atoms with Gasteiger partial charge < -0.3 is 20.8 Å². The lowest BCUT2D eigenvalue weighted by Gasteiger charge is -2.12. The molecule has 134 valence electrons. The average Bonchev–Trinajstić information content (AvgIpc) is 2.62. The number of amides is 2. The van der Waals surface area contributed by atoms with Crippen LogP contribution in [0.4, 0.5) is 5.69 Å². The highest BCUT2D eigenvalue weighted by Crippen LogP contribution is 2.11. The molecule has 9 nitrogen and oxygen atoms in total. The number of rotatable bonds is 7. The van der Waals surface area contributed by atoms with Gasteiger partial charge in [0, 0.05) is 23.6 Å². The molecule has 0 unspecified atom stereocenters. The largest absolute Gasteiger partial charge is 0.481 e. The molecule has 1 atom stereocenters. The van der Waals surface area contributed by atoms with Crippen molar-refractivity contribution in [2.24, 2.45) is 0 Å². The summed E-state index contributed by atoms with van der Waals surface area (Å²) in [5, 5.41) is 22.4. The minimum absolute atomic E-state index is 0.126. The third-order valence-corrected chi connectivity index (χ3v) is 3.31. The van der Waals surface area contributed by atoms with Crippen molar-refractivity contribution in [1.29, 1.82) is 0 Å². The number of pyridine rings is 1. The summed E-state index contributed by atoms with van der Waals surface area (Å²) in [6.45, 7) is 0. The molecule has 9 heteroatoms. The lowest BCUT2D eigenvalue weighted by atomic mass is 10.1. The molecule has 2 rings (SSSR count). The highest BCUT2D eigenvalue weighted by Gasteiger charge is 2.23. The molecule has 26 heavy (non-hydrogen) atoms. The van der Waals surface area contributed by atoms with E-state index in [1.165, 1.54) is 30.5 Å². The van der Waals surface area contributed by atoms with E-state index in [0.717, 1.165) is 0 Å². The lowest BCUT2D eigenvalue weighted by molar-refractivity contribution is -0.145. The van der Waals surface area contributed by atoms with Gasteiger partial charge in [-0.3, -0.25) is 19.4 Å². The van der Waals surface area contributed by atoms with E-state index in [1.807, 2.05) is 0 Å². The Morgan fingerprint density at radius 3 is 2.19 bits per heavy atom. The van der Waals surface area contributed by atoms with Crippen molar-refractivity contribution in [2.45, 2.75) is 12.5 Å². The fraction of sp³-hybridized carbons (Fsp3) is 0.118. The first kappa shape index (κ1) is 18.6. The van der Waals surface area contributed by atoms with E-state index in [4.69, 9.17) is 10.2 Å². The standard InChI is InChI=1S/C17H15N3O6/c21-14(22)8-13(17(25)26)20-15(23)10-3-5-12(6-4-10)19-16(24)11-2-1-7-18-9-11/h1-7,9,13H,8H2,(H,19,24)(H,20,23)(H,21,22)(H,25,26)/t13-/m0/s1. The Balaban J connectivity index is 2.02. The maximum atomic E-state index is 12.0. The van der Waals surface area contributed by atoms with Crippen molar-refractivity contribution in [1.82, 2.24) is 10.3 Å². The summed E-state index contributed by atoms with van der Waals surface area (Å²) in [7, 11) is 0. The second kappa shape index (κ2) is 8.38. The molecule has 1 aromatic heterocycles. The quantitative estimate of drug-likeness (QED) is 0.578. The number of hydrogen-bond donors (Lipinski definition) is 4. The minimum atomic E-state index is -1.54. The Morgan fingerprint density at radius 1 is 0.962 bits per heavy atom. The molecule has 0 bridgehead atoms. The Kier molecular flexibility index (Phi) is 5.99. The Hall–Kier alpha value is -3.75. The van der Waals surface area contributed by atoms with Gasteiger partial charge in [0.05, 0.1) is 12.0 Å². The lowest BCUT2D eigenvalue weighted by Crippen LogP contribution is -2.42. The smallest absolute Gasteiger partial charge is 0.326 e. The van der Waals surface area contributed by atoms with E-state index in [-0.39, 0.29) is 11.5 Å². The summed E-state index contributed by atoms with van der Waals surface area (Å²) in [6.07, 6.45) is 2.21. The van der Waals surface area contributed by atoms with Crippen LogP contribution in [0.15, 0.2) is 48.8 Å². The third-order valence-electron chi connectivity index (χ3n) is 3.31. The number of carboxylic acid groups (broad SMARTS) is 2. The molecule has 0 aliphatic heterocycles. The van der Waals surface area contributed by atoms with Gasteiger partial charge >= 0.3 is 11.9 Å². The van der Waals surface area contributed by atoms with Crippen LogP contribution in [-0.4, -0.2) is 45.0 Å². The van der Waals surface area contributed by atoms with Gasteiger partial charge in [0.15, 0.2) is 0 Å². The fourth-order valence-electron chi connectivity index (χ4n) is 2.02. The van der Waals surface area contributed by atoms with Crippen LogP contribution in [-0.2, 0) is 9.59 Å². The number of carbonyl (C=O) groups is 4. The predicted octanol–water partition coefficient (Wildman–Crippen LogP) is 0.992. The van der Waals surface area contributed by atoms with E-state index < -0.39 is 30.3 Å². The maximum Gasteiger partial charge on any atom is 0.326 e. The normalized spacial score (nSPS) is 11.2. The number of aliphatic carboxylic acids is 2. The molecule has 0 aliphatic rings. The zero-order valence-electron chi connectivity index (χ0n) is 13.4. The van der Waals surface area contributed by atoms with Crippen molar-refractivity contribution in [3.05, 3.63) is 59.9 Å². The molecule has 0 saturated carbocycles. The van der Waals surface area contributed by atoms with E-state index >= 15 is 0 Å². The number of carboxylic acids is 2. The topological polar surface area (TPSA) is 146 Å². The number of benzene rings is 1. The summed E-state index contributed by atoms with van der Waals surface area (Å²) < 4.78 is 0. The molecule has 0 aliphatic carbocycles. The van der Waals surface area contributed by atoms with Crippen molar-refractivity contribution in [3.63, 3.8) is 0 Å². The summed E-state index contributed by atoms with van der Waals surface area (Å²) in [5.74, 6) is -3.89. The van der Waals surface area contributed by atoms with Crippen molar-refractivity contribution in [2.75, 3.05) is 5.32 Å². The van der Waals surface area contributed by atoms with Crippen molar-refractivity contribution in [3.8, 4) is 0 Å². The van der Waals surface area contributed by atoms with Crippen LogP contribution in [0.25, 0.3) is 0 Å². The molecule has 4 N–H and O–H groups in total. The van der Waals surface area contributed by atoms with Gasteiger partial charge in [-0.1, -0.05) is 0 Å². The van der Waals surface area contributed by atoms with Crippen LogP contribution in [0.3, 0.4) is 0 Å². The molecule has 0 saturated heterocycles. The summed E-state index contributed by atoms with van der Waals surface area (Å²) >= 11 is 0. The molecule has 1 heterocycles. The maximum absolute atomic E-state index is 12.0. The second-order valence-corrected chi connectivity index (χ2v) is 5.24. The SMILES string of the molecule is O=C(O)C[C@H](NC(=O)c1ccc(NC(=O)c2cccnc2)cc1)C(=O)O. The highest BCUT2D eigenvalue weighted by molar-refractivity contribution is 6.04. The van der Waals surface area contributed by atoms with Gasteiger partial charge in [-0.2, -0.15) is 0 Å². The Bertz CT molecular complexity index is 820. The van der Waals surface area contributed by atoms with Gasteiger partial charge in [0.2, 0.25) is 0 Å². The summed E-state index contributed by atoms with van der Waals surface area (Å²) in [5.41, 5.74) is 0.920. The monoisotopic (exact) mass is 357 g/mol. The average molecular weight is 357 g/mol. The van der Waals surface area contributed by atoms with Crippen LogP contribution >= 0.6 is 0 Å². The molecule has 0 radical (unpaired) electrons. The number of aromatic nitrogens is 1. The molecule has 2 amide bonds. The van der Waals surface area contributed by atoms with Crippen LogP contribution in [0, 0.1) is 0 Å². The predicted molar refractivity (Wildman–Crippen MR) is 89.8 cm³/mol. The highest BCUT2D eigenvalue weighted by atomic mass is 16.4. The van der Waals surface area contributed by atoms with Gasteiger partial charge in [-0.05, 0) is 36.4 Å². The number of anilines is 1. The van der Waals surface area contributed by atoms with Gasteiger partial charge in [0.25, 0.3) is 11.8 Å². The van der Waals surface area contributed by atoms with Gasteiger partial charge in [-0.15, -0.1) is 0 Å². The fourth-order valence-corrected chi connectivity index (χ4v) is 2.02. The third kappa shape index (κ3) is 5.13. The van der Waals surface area contributed by atoms with Crippen molar-refractivity contribution >= 4 is 29.4 Å². The molecule has 0 fully saturated rings. The zero-order valence-corrected chi connectivity index (χ0v) is 13.4. The van der Waals surface area contributed by atoms with E-state index in [2.05, 4.69) is 15.6 Å². The van der Waals surface area contributed by atoms with Gasteiger partial charge in [0.1, 0.15) is 6.04 Å². The van der Waals surface area contributed by atoms with Gasteiger partial charge in [-0.25, -0.2) is 4.79 Å². The Labute approximate surface area is 147 Å². The van der Waals surface area contributed by atoms with Crippen LogP contribution in [0.5, 0.6) is 0 Å². The van der Waals surface area contributed by atoms with Crippen LogP contribution < -0.4 is 10.6 Å². The molecular formula is C17H15N3O6. The Morgan fingerprint density at radius 2 is 1.65 bits per heavy atom. The van der Waals surface area contributed by atoms with E-state index in [0.29, 0.717) is 11.3 Å². The molecule has 1 aromatic carbocycles. The first-order chi connectivity index (χ1) is 12.4.